The fourth-order valence-corrected chi connectivity index (χ4v) is 1.54. The largest absolute Gasteiger partial charge is 0.411 e. The van der Waals surface area contributed by atoms with E-state index in [2.05, 4.69) is 4.74 Å². The van der Waals surface area contributed by atoms with Crippen molar-refractivity contribution in [3.05, 3.63) is 35.1 Å². The molecule has 0 heterocycles. The first-order valence-electron chi connectivity index (χ1n) is 5.45. The normalized spacial score (nSPS) is 13.7. The maximum Gasteiger partial charge on any atom is 0.411 e. The zero-order valence-corrected chi connectivity index (χ0v) is 9.93. The Morgan fingerprint density at radius 1 is 1.28 bits per heavy atom. The van der Waals surface area contributed by atoms with E-state index in [1.807, 2.05) is 0 Å². The molecular formula is C12H15F4NO. The van der Waals surface area contributed by atoms with E-state index in [-0.39, 0.29) is 13.0 Å². The first kappa shape index (κ1) is 14.9. The van der Waals surface area contributed by atoms with Crippen molar-refractivity contribution >= 4 is 0 Å². The Balaban J connectivity index is 2.43. The Kier molecular flexibility index (Phi) is 5.10. The Morgan fingerprint density at radius 2 is 1.94 bits per heavy atom. The Labute approximate surface area is 103 Å². The van der Waals surface area contributed by atoms with Gasteiger partial charge in [-0.3, -0.25) is 0 Å². The van der Waals surface area contributed by atoms with Crippen molar-refractivity contribution in [2.75, 3.05) is 13.2 Å². The maximum absolute atomic E-state index is 13.1. The summed E-state index contributed by atoms with van der Waals surface area (Å²) in [6, 6.07) is 3.81. The van der Waals surface area contributed by atoms with Gasteiger partial charge >= 0.3 is 6.18 Å². The lowest BCUT2D eigenvalue weighted by Crippen LogP contribution is -2.19. The molecule has 0 radical (unpaired) electrons. The number of rotatable bonds is 5. The molecule has 0 aliphatic carbocycles. The summed E-state index contributed by atoms with van der Waals surface area (Å²) in [5, 5.41) is 0. The van der Waals surface area contributed by atoms with Gasteiger partial charge in [-0.2, -0.15) is 13.2 Å². The van der Waals surface area contributed by atoms with Gasteiger partial charge in [-0.15, -0.1) is 0 Å². The summed E-state index contributed by atoms with van der Waals surface area (Å²) in [6.45, 7) is 0.317. The van der Waals surface area contributed by atoms with Gasteiger partial charge in [0.25, 0.3) is 0 Å². The fraction of sp³-hybridized carbons (Fsp3) is 0.500. The topological polar surface area (TPSA) is 35.2 Å². The molecule has 0 amide bonds. The second-order valence-electron chi connectivity index (χ2n) is 4.12. The molecule has 2 N–H and O–H groups in total. The van der Waals surface area contributed by atoms with E-state index in [0.717, 1.165) is 5.56 Å². The third-order valence-electron chi connectivity index (χ3n) is 2.33. The highest BCUT2D eigenvalue weighted by Crippen LogP contribution is 2.19. The van der Waals surface area contributed by atoms with Gasteiger partial charge < -0.3 is 10.5 Å². The summed E-state index contributed by atoms with van der Waals surface area (Å²) in [5.74, 6) is -0.406. The minimum atomic E-state index is -4.33. The van der Waals surface area contributed by atoms with E-state index in [1.165, 1.54) is 12.1 Å². The van der Waals surface area contributed by atoms with Crippen LogP contribution in [0.4, 0.5) is 17.6 Å². The van der Waals surface area contributed by atoms with E-state index in [1.54, 1.807) is 13.0 Å². The van der Waals surface area contributed by atoms with Crippen molar-refractivity contribution in [2.45, 2.75) is 25.6 Å². The van der Waals surface area contributed by atoms with Gasteiger partial charge in [-0.05, 0) is 36.6 Å². The summed E-state index contributed by atoms with van der Waals surface area (Å²) in [4.78, 5) is 0. The second-order valence-corrected chi connectivity index (χ2v) is 4.12. The fourth-order valence-electron chi connectivity index (χ4n) is 1.54. The quantitative estimate of drug-likeness (QED) is 0.656. The van der Waals surface area contributed by atoms with Gasteiger partial charge in [0.2, 0.25) is 0 Å². The van der Waals surface area contributed by atoms with Gasteiger partial charge in [0.05, 0.1) is 0 Å². The number of nitrogens with two attached hydrogens (primary N) is 1. The van der Waals surface area contributed by atoms with Crippen LogP contribution in [0.5, 0.6) is 0 Å². The van der Waals surface area contributed by atoms with Gasteiger partial charge in [0.15, 0.2) is 0 Å². The van der Waals surface area contributed by atoms with E-state index in [0.29, 0.717) is 5.56 Å². The SMILES string of the molecule is Cc1cc(F)cc(C(N)CCOCC(F)(F)F)c1. The molecule has 0 aromatic heterocycles. The molecule has 0 saturated carbocycles. The zero-order chi connectivity index (χ0) is 13.8. The first-order chi connectivity index (χ1) is 8.28. The molecule has 0 aliphatic heterocycles. The van der Waals surface area contributed by atoms with Crippen LogP contribution in [0, 0.1) is 12.7 Å². The van der Waals surface area contributed by atoms with Crippen LogP contribution in [0.15, 0.2) is 18.2 Å². The van der Waals surface area contributed by atoms with Gasteiger partial charge in [-0.1, -0.05) is 6.07 Å². The molecule has 18 heavy (non-hydrogen) atoms. The van der Waals surface area contributed by atoms with Crippen LogP contribution < -0.4 is 5.73 Å². The van der Waals surface area contributed by atoms with Crippen molar-refractivity contribution in [1.29, 1.82) is 0 Å². The average molecular weight is 265 g/mol. The highest BCUT2D eigenvalue weighted by Gasteiger charge is 2.27. The number of alkyl halides is 3. The molecule has 1 unspecified atom stereocenters. The lowest BCUT2D eigenvalue weighted by molar-refractivity contribution is -0.174. The van der Waals surface area contributed by atoms with Crippen LogP contribution in [-0.2, 0) is 4.74 Å². The predicted molar refractivity (Wildman–Crippen MR) is 59.6 cm³/mol. The number of hydrogen-bond donors (Lipinski definition) is 1. The Bertz CT molecular complexity index is 372. The van der Waals surface area contributed by atoms with Crippen LogP contribution in [0.25, 0.3) is 0 Å². The summed E-state index contributed by atoms with van der Waals surface area (Å²) < 4.78 is 53.0. The van der Waals surface area contributed by atoms with Crippen LogP contribution in [0.2, 0.25) is 0 Å². The minimum Gasteiger partial charge on any atom is -0.372 e. The number of aryl methyl sites for hydroxylation is 1. The first-order valence-corrected chi connectivity index (χ1v) is 5.45. The lowest BCUT2D eigenvalue weighted by atomic mass is 10.0. The standard InChI is InChI=1S/C12H15F4NO/c1-8-4-9(6-10(13)5-8)11(17)2-3-18-7-12(14,15)16/h4-6,11H,2-3,7,17H2,1H3. The molecule has 6 heteroatoms. The average Bonchev–Trinajstić information content (AvgIpc) is 2.21. The summed E-state index contributed by atoms with van der Waals surface area (Å²) >= 11 is 0. The van der Waals surface area contributed by atoms with Gasteiger partial charge in [-0.25, -0.2) is 4.39 Å². The van der Waals surface area contributed by atoms with Crippen LogP contribution in [0.3, 0.4) is 0 Å². The number of halogens is 4. The molecule has 1 aromatic rings. The van der Waals surface area contributed by atoms with Crippen molar-refractivity contribution in [3.8, 4) is 0 Å². The molecule has 1 atom stereocenters. The summed E-state index contributed by atoms with van der Waals surface area (Å²) in [7, 11) is 0. The smallest absolute Gasteiger partial charge is 0.372 e. The van der Waals surface area contributed by atoms with E-state index in [9.17, 15) is 17.6 Å². The van der Waals surface area contributed by atoms with Gasteiger partial charge in [0, 0.05) is 12.6 Å². The third-order valence-corrected chi connectivity index (χ3v) is 2.33. The molecule has 102 valence electrons. The zero-order valence-electron chi connectivity index (χ0n) is 9.93. The molecule has 0 saturated heterocycles. The second kappa shape index (κ2) is 6.15. The number of hydrogen-bond acceptors (Lipinski definition) is 2. The molecule has 1 rings (SSSR count). The van der Waals surface area contributed by atoms with Gasteiger partial charge in [0.1, 0.15) is 12.4 Å². The highest BCUT2D eigenvalue weighted by molar-refractivity contribution is 5.25. The molecular weight excluding hydrogens is 250 g/mol. The van der Waals surface area contributed by atoms with Crippen molar-refractivity contribution in [2.24, 2.45) is 5.73 Å². The molecule has 1 aromatic carbocycles. The number of ether oxygens (including phenoxy) is 1. The van der Waals surface area contributed by atoms with Crippen molar-refractivity contribution < 1.29 is 22.3 Å². The molecule has 2 nitrogen and oxygen atoms in total. The lowest BCUT2D eigenvalue weighted by Gasteiger charge is -2.14. The Hall–Kier alpha value is -1.14. The van der Waals surface area contributed by atoms with E-state index >= 15 is 0 Å². The monoisotopic (exact) mass is 265 g/mol. The number of benzene rings is 1. The molecule has 0 fully saturated rings. The minimum absolute atomic E-state index is 0.115. The molecule has 0 aliphatic rings. The van der Waals surface area contributed by atoms with Crippen molar-refractivity contribution in [1.82, 2.24) is 0 Å². The van der Waals surface area contributed by atoms with Crippen LogP contribution >= 0.6 is 0 Å². The van der Waals surface area contributed by atoms with E-state index in [4.69, 9.17) is 5.73 Å². The summed E-state index contributed by atoms with van der Waals surface area (Å²) in [5.41, 5.74) is 7.03. The van der Waals surface area contributed by atoms with Crippen LogP contribution in [-0.4, -0.2) is 19.4 Å². The van der Waals surface area contributed by atoms with Crippen molar-refractivity contribution in [3.63, 3.8) is 0 Å². The maximum atomic E-state index is 13.1. The van der Waals surface area contributed by atoms with Crippen LogP contribution in [0.1, 0.15) is 23.6 Å². The van der Waals surface area contributed by atoms with E-state index < -0.39 is 24.6 Å². The predicted octanol–water partition coefficient (Wildman–Crippen LogP) is 3.10. The molecule has 0 spiro atoms. The highest BCUT2D eigenvalue weighted by atomic mass is 19.4. The third kappa shape index (κ3) is 5.46. The molecule has 0 bridgehead atoms. The summed E-state index contributed by atoms with van der Waals surface area (Å²) in [6.07, 6.45) is -4.13. The Morgan fingerprint density at radius 3 is 2.50 bits per heavy atom.